The molecule has 0 heterocycles. The van der Waals surface area contributed by atoms with E-state index in [0.29, 0.717) is 30.0 Å². The van der Waals surface area contributed by atoms with Crippen LogP contribution in [-0.4, -0.2) is 55.8 Å². The lowest BCUT2D eigenvalue weighted by atomic mass is 9.85. The zero-order valence-electron chi connectivity index (χ0n) is 20.4. The highest BCUT2D eigenvalue weighted by atomic mass is 32.2. The Morgan fingerprint density at radius 1 is 1.08 bits per heavy atom. The Kier molecular flexibility index (Phi) is 11.4. The molecule has 0 bridgehead atoms. The van der Waals surface area contributed by atoms with Crippen molar-refractivity contribution in [3.05, 3.63) is 66.2 Å². The van der Waals surface area contributed by atoms with Crippen molar-refractivity contribution in [3.8, 4) is 5.75 Å². The van der Waals surface area contributed by atoms with Gasteiger partial charge >= 0.3 is 0 Å². The second kappa shape index (κ2) is 14.2. The minimum atomic E-state index is -4.04. The number of benzene rings is 2. The number of aldehydes is 1. The summed E-state index contributed by atoms with van der Waals surface area (Å²) in [7, 11) is -4.04. The molecule has 0 saturated carbocycles. The summed E-state index contributed by atoms with van der Waals surface area (Å²) >= 11 is 0. The number of carbonyl (C=O) groups excluding carboxylic acids is 2. The highest BCUT2D eigenvalue weighted by molar-refractivity contribution is 7.89. The SMILES string of the molecule is CCS(=O)(=O)N(C(=O)CN)[C@H](C=O)CC(CCCOc1ccccc1)C(N=C(N)N)c1ccccc1. The molecule has 0 aromatic heterocycles. The van der Waals surface area contributed by atoms with Gasteiger partial charge in [-0.05, 0) is 49.8 Å². The summed E-state index contributed by atoms with van der Waals surface area (Å²) in [6.45, 7) is 1.24. The minimum absolute atomic E-state index is 0.0101. The molecule has 0 aliphatic carbocycles. The number of aliphatic imine (C=N–C) groups is 1. The third kappa shape index (κ3) is 8.35. The molecule has 11 heteroatoms. The van der Waals surface area contributed by atoms with Crippen molar-refractivity contribution < 1.29 is 22.7 Å². The summed E-state index contributed by atoms with van der Waals surface area (Å²) in [6, 6.07) is 16.7. The summed E-state index contributed by atoms with van der Waals surface area (Å²) in [4.78, 5) is 29.1. The van der Waals surface area contributed by atoms with E-state index in [2.05, 4.69) is 4.99 Å². The molecule has 6 N–H and O–H groups in total. The molecule has 0 aliphatic rings. The van der Waals surface area contributed by atoms with Gasteiger partial charge in [-0.2, -0.15) is 0 Å². The molecule has 0 spiro atoms. The van der Waals surface area contributed by atoms with Crippen LogP contribution < -0.4 is 21.9 Å². The van der Waals surface area contributed by atoms with Crippen LogP contribution in [-0.2, 0) is 19.6 Å². The lowest BCUT2D eigenvalue weighted by molar-refractivity contribution is -0.129. The fraction of sp³-hybridized carbons (Fsp3) is 0.400. The number of hydrogen-bond donors (Lipinski definition) is 3. The quantitative estimate of drug-likeness (QED) is 0.138. The first-order valence-corrected chi connectivity index (χ1v) is 13.4. The van der Waals surface area contributed by atoms with Gasteiger partial charge in [0.25, 0.3) is 0 Å². The largest absolute Gasteiger partial charge is 0.494 e. The molecule has 1 amide bonds. The molecule has 2 aromatic rings. The topological polar surface area (TPSA) is 171 Å². The fourth-order valence-electron chi connectivity index (χ4n) is 4.01. The van der Waals surface area contributed by atoms with E-state index in [9.17, 15) is 18.0 Å². The van der Waals surface area contributed by atoms with Gasteiger partial charge < -0.3 is 26.7 Å². The molecule has 196 valence electrons. The van der Waals surface area contributed by atoms with Crippen molar-refractivity contribution in [2.24, 2.45) is 28.1 Å². The van der Waals surface area contributed by atoms with Crippen LogP contribution in [0.3, 0.4) is 0 Å². The van der Waals surface area contributed by atoms with Crippen molar-refractivity contribution in [1.29, 1.82) is 0 Å². The number of ether oxygens (including phenoxy) is 1. The van der Waals surface area contributed by atoms with Gasteiger partial charge in [0.2, 0.25) is 15.9 Å². The van der Waals surface area contributed by atoms with Crippen LogP contribution in [0.2, 0.25) is 0 Å². The Labute approximate surface area is 212 Å². The van der Waals surface area contributed by atoms with Crippen molar-refractivity contribution in [2.45, 2.75) is 38.3 Å². The summed E-state index contributed by atoms with van der Waals surface area (Å²) in [6.07, 6.45) is 1.53. The first-order valence-electron chi connectivity index (χ1n) is 11.7. The zero-order valence-corrected chi connectivity index (χ0v) is 21.2. The standard InChI is InChI=1S/C25H35N5O5S/c1-2-36(33,34)30(23(32)17-26)21(18-31)16-20(12-9-15-35-22-13-7-4-8-14-22)24(29-25(27)28)19-10-5-3-6-11-19/h3-8,10-11,13-14,18,20-21,24H,2,9,12,15-17,26H2,1H3,(H4,27,28,29)/t20?,21-,24?/m0/s1. The smallest absolute Gasteiger partial charge is 0.250 e. The Bertz CT molecular complexity index is 1090. The number of sulfonamides is 1. The van der Waals surface area contributed by atoms with Crippen LogP contribution >= 0.6 is 0 Å². The first-order chi connectivity index (χ1) is 17.2. The number of guanidine groups is 1. The first kappa shape index (κ1) is 28.8. The van der Waals surface area contributed by atoms with Crippen LogP contribution in [0, 0.1) is 5.92 Å². The number of hydrogen-bond acceptors (Lipinski definition) is 7. The van der Waals surface area contributed by atoms with Crippen molar-refractivity contribution in [3.63, 3.8) is 0 Å². The average molecular weight is 518 g/mol. The Balaban J connectivity index is 2.37. The summed E-state index contributed by atoms with van der Waals surface area (Å²) in [5.41, 5.74) is 17.7. The molecule has 0 aliphatic heterocycles. The molecule has 2 aromatic carbocycles. The maximum atomic E-state index is 12.7. The second-order valence-electron chi connectivity index (χ2n) is 8.21. The molecule has 3 atom stereocenters. The Morgan fingerprint density at radius 2 is 1.69 bits per heavy atom. The number of nitrogens with zero attached hydrogens (tertiary/aromatic N) is 2. The molecular formula is C25H35N5O5S. The highest BCUT2D eigenvalue weighted by Crippen LogP contribution is 2.34. The minimum Gasteiger partial charge on any atom is -0.494 e. The van der Waals surface area contributed by atoms with Gasteiger partial charge in [-0.1, -0.05) is 48.5 Å². The van der Waals surface area contributed by atoms with Crippen molar-refractivity contribution >= 4 is 28.2 Å². The number of carbonyl (C=O) groups is 2. The average Bonchev–Trinajstić information content (AvgIpc) is 2.89. The van der Waals surface area contributed by atoms with E-state index in [4.69, 9.17) is 21.9 Å². The Morgan fingerprint density at radius 3 is 2.22 bits per heavy atom. The van der Waals surface area contributed by atoms with Gasteiger partial charge in [0.05, 0.1) is 24.9 Å². The van der Waals surface area contributed by atoms with Crippen molar-refractivity contribution in [1.82, 2.24) is 4.31 Å². The second-order valence-corrected chi connectivity index (χ2v) is 10.3. The molecular weight excluding hydrogens is 482 g/mol. The molecule has 0 radical (unpaired) electrons. The number of amides is 1. The third-order valence-electron chi connectivity index (χ3n) is 5.69. The molecule has 0 saturated heterocycles. The number of nitrogens with two attached hydrogens (primary N) is 3. The monoisotopic (exact) mass is 517 g/mol. The molecule has 0 fully saturated rings. The van der Waals surface area contributed by atoms with Gasteiger partial charge in [-0.15, -0.1) is 0 Å². The molecule has 36 heavy (non-hydrogen) atoms. The highest BCUT2D eigenvalue weighted by Gasteiger charge is 2.36. The number of rotatable bonds is 15. The third-order valence-corrected chi connectivity index (χ3v) is 7.50. The summed E-state index contributed by atoms with van der Waals surface area (Å²) in [5, 5.41) is 0. The van der Waals surface area contributed by atoms with Crippen LogP contribution in [0.5, 0.6) is 5.75 Å². The lowest BCUT2D eigenvalue weighted by Gasteiger charge is -2.32. The van der Waals surface area contributed by atoms with E-state index in [0.717, 1.165) is 11.3 Å². The van der Waals surface area contributed by atoms with Crippen LogP contribution in [0.15, 0.2) is 65.7 Å². The molecule has 2 rings (SSSR count). The maximum Gasteiger partial charge on any atom is 0.250 e. The van der Waals surface area contributed by atoms with E-state index in [1.807, 2.05) is 60.7 Å². The normalized spacial score (nSPS) is 13.7. The van der Waals surface area contributed by atoms with Crippen molar-refractivity contribution in [2.75, 3.05) is 18.9 Å². The predicted octanol–water partition coefficient (Wildman–Crippen LogP) is 1.57. The van der Waals surface area contributed by atoms with Crippen LogP contribution in [0.1, 0.15) is 37.8 Å². The van der Waals surface area contributed by atoms with Gasteiger partial charge in [0, 0.05) is 0 Å². The van der Waals surface area contributed by atoms with E-state index < -0.39 is 40.5 Å². The van der Waals surface area contributed by atoms with Gasteiger partial charge in [0.15, 0.2) is 5.96 Å². The summed E-state index contributed by atoms with van der Waals surface area (Å²) in [5.74, 6) is -1.03. The van der Waals surface area contributed by atoms with Crippen LogP contribution in [0.25, 0.3) is 0 Å². The van der Waals surface area contributed by atoms with Gasteiger partial charge in [-0.3, -0.25) is 4.79 Å². The molecule has 10 nitrogen and oxygen atoms in total. The van der Waals surface area contributed by atoms with E-state index >= 15 is 0 Å². The lowest BCUT2D eigenvalue weighted by Crippen LogP contribution is -2.49. The maximum absolute atomic E-state index is 12.7. The zero-order chi connectivity index (χ0) is 26.6. The van der Waals surface area contributed by atoms with E-state index in [1.165, 1.54) is 6.92 Å². The van der Waals surface area contributed by atoms with Gasteiger partial charge in [-0.25, -0.2) is 17.7 Å². The molecule has 2 unspecified atom stereocenters. The fourth-order valence-corrected chi connectivity index (χ4v) is 5.22. The van der Waals surface area contributed by atoms with E-state index in [-0.39, 0.29) is 18.1 Å². The van der Waals surface area contributed by atoms with E-state index in [1.54, 1.807) is 0 Å². The van der Waals surface area contributed by atoms with Crippen LogP contribution in [0.4, 0.5) is 0 Å². The summed E-state index contributed by atoms with van der Waals surface area (Å²) < 4.78 is 31.8. The van der Waals surface area contributed by atoms with Gasteiger partial charge in [0.1, 0.15) is 18.1 Å². The number of para-hydroxylation sites is 1. The predicted molar refractivity (Wildman–Crippen MR) is 139 cm³/mol. The Hall–Kier alpha value is -3.44.